The van der Waals surface area contributed by atoms with Crippen molar-refractivity contribution < 1.29 is 4.79 Å². The third-order valence-corrected chi connectivity index (χ3v) is 4.12. The normalized spacial score (nSPS) is 27.7. The van der Waals surface area contributed by atoms with Crippen molar-refractivity contribution in [3.05, 3.63) is 0 Å². The van der Waals surface area contributed by atoms with Crippen LogP contribution in [0.2, 0.25) is 0 Å². The fourth-order valence-corrected chi connectivity index (χ4v) is 3.21. The van der Waals surface area contributed by atoms with Crippen LogP contribution in [0.5, 0.6) is 0 Å². The molecule has 5 nitrogen and oxygen atoms in total. The van der Waals surface area contributed by atoms with Gasteiger partial charge in [0, 0.05) is 19.1 Å². The molecule has 2 rings (SSSR count). The molecule has 2 heterocycles. The number of primary amides is 1. The Morgan fingerprint density at radius 3 is 2.89 bits per heavy atom. The fraction of sp³-hybridized carbons (Fsp3) is 0.923. The molecule has 1 amide bonds. The number of hydrogen-bond acceptors (Lipinski definition) is 4. The van der Waals surface area contributed by atoms with E-state index in [1.807, 2.05) is 6.92 Å². The van der Waals surface area contributed by atoms with Crippen LogP contribution in [0.4, 0.5) is 0 Å². The average molecular weight is 254 g/mol. The number of carbonyl (C=O) groups is 1. The van der Waals surface area contributed by atoms with Crippen molar-refractivity contribution in [2.24, 2.45) is 5.73 Å². The Morgan fingerprint density at radius 1 is 1.39 bits per heavy atom. The Balaban J connectivity index is 1.89. The van der Waals surface area contributed by atoms with Gasteiger partial charge < -0.3 is 11.1 Å². The predicted octanol–water partition coefficient (Wildman–Crippen LogP) is -0.380. The Hall–Kier alpha value is -0.650. The zero-order valence-electron chi connectivity index (χ0n) is 11.4. The molecule has 0 aromatic heterocycles. The Labute approximate surface area is 110 Å². The van der Waals surface area contributed by atoms with E-state index >= 15 is 0 Å². The van der Waals surface area contributed by atoms with Gasteiger partial charge in [0.2, 0.25) is 5.91 Å². The van der Waals surface area contributed by atoms with Gasteiger partial charge in [0.15, 0.2) is 0 Å². The molecule has 0 bridgehead atoms. The second kappa shape index (κ2) is 6.50. The predicted molar refractivity (Wildman–Crippen MR) is 72.3 cm³/mol. The van der Waals surface area contributed by atoms with Crippen LogP contribution < -0.4 is 11.1 Å². The molecule has 0 aromatic carbocycles. The Kier molecular flexibility index (Phi) is 4.97. The summed E-state index contributed by atoms with van der Waals surface area (Å²) in [6.07, 6.45) is 3.83. The molecule has 0 radical (unpaired) electrons. The van der Waals surface area contributed by atoms with E-state index < -0.39 is 0 Å². The molecule has 104 valence electrons. The van der Waals surface area contributed by atoms with Crippen molar-refractivity contribution in [2.45, 2.75) is 38.3 Å². The summed E-state index contributed by atoms with van der Waals surface area (Å²) < 4.78 is 0. The van der Waals surface area contributed by atoms with Gasteiger partial charge in [0.25, 0.3) is 0 Å². The highest BCUT2D eigenvalue weighted by Crippen LogP contribution is 2.21. The molecule has 5 heteroatoms. The summed E-state index contributed by atoms with van der Waals surface area (Å²) in [6, 6.07) is 0.491. The third-order valence-electron chi connectivity index (χ3n) is 4.12. The summed E-state index contributed by atoms with van der Waals surface area (Å²) >= 11 is 0. The molecule has 0 aromatic rings. The monoisotopic (exact) mass is 254 g/mol. The van der Waals surface area contributed by atoms with Gasteiger partial charge in [-0.2, -0.15) is 0 Å². The zero-order chi connectivity index (χ0) is 13.0. The maximum atomic E-state index is 11.4. The van der Waals surface area contributed by atoms with E-state index in [1.165, 1.54) is 32.4 Å². The highest BCUT2D eigenvalue weighted by Gasteiger charge is 2.30. The van der Waals surface area contributed by atoms with E-state index in [0.29, 0.717) is 6.04 Å². The van der Waals surface area contributed by atoms with Gasteiger partial charge in [-0.1, -0.05) is 6.92 Å². The van der Waals surface area contributed by atoms with Crippen LogP contribution in [0.3, 0.4) is 0 Å². The van der Waals surface area contributed by atoms with E-state index in [0.717, 1.165) is 26.2 Å². The van der Waals surface area contributed by atoms with Crippen molar-refractivity contribution >= 4 is 5.91 Å². The molecule has 2 saturated heterocycles. The van der Waals surface area contributed by atoms with Gasteiger partial charge in [-0.15, -0.1) is 0 Å². The minimum atomic E-state index is -0.232. The Morgan fingerprint density at radius 2 is 2.17 bits per heavy atom. The van der Waals surface area contributed by atoms with Crippen molar-refractivity contribution in [3.63, 3.8) is 0 Å². The number of carbonyl (C=O) groups excluding carboxylic acids is 1. The molecular formula is C13H26N4O. The highest BCUT2D eigenvalue weighted by molar-refractivity contribution is 5.80. The third kappa shape index (κ3) is 3.43. The van der Waals surface area contributed by atoms with E-state index in [2.05, 4.69) is 15.1 Å². The lowest BCUT2D eigenvalue weighted by Gasteiger charge is -2.28. The first-order valence-corrected chi connectivity index (χ1v) is 7.19. The maximum absolute atomic E-state index is 11.4. The molecule has 18 heavy (non-hydrogen) atoms. The van der Waals surface area contributed by atoms with Crippen molar-refractivity contribution in [2.75, 3.05) is 39.3 Å². The fourth-order valence-electron chi connectivity index (χ4n) is 3.21. The minimum Gasteiger partial charge on any atom is -0.368 e. The number of likely N-dealkylation sites (N-methyl/N-ethyl adjacent to an activating group) is 1. The van der Waals surface area contributed by atoms with Crippen molar-refractivity contribution in [3.8, 4) is 0 Å². The summed E-state index contributed by atoms with van der Waals surface area (Å²) in [5.41, 5.74) is 5.45. The van der Waals surface area contributed by atoms with Gasteiger partial charge in [-0.25, -0.2) is 0 Å². The maximum Gasteiger partial charge on any atom is 0.235 e. The summed E-state index contributed by atoms with van der Waals surface area (Å²) in [6.45, 7) is 8.20. The van der Waals surface area contributed by atoms with Gasteiger partial charge >= 0.3 is 0 Å². The smallest absolute Gasteiger partial charge is 0.235 e. The second-order valence-corrected chi connectivity index (χ2v) is 5.46. The standard InChI is InChI=1S/C13H26N4O/c1-2-15-12(13(14)18)10-16-6-4-8-17-7-3-5-11(17)9-16/h11-12,15H,2-10H2,1H3,(H2,14,18). The molecule has 2 fully saturated rings. The molecule has 0 aliphatic carbocycles. The summed E-state index contributed by atoms with van der Waals surface area (Å²) in [5, 5.41) is 3.18. The van der Waals surface area contributed by atoms with Gasteiger partial charge in [-0.3, -0.25) is 14.6 Å². The zero-order valence-corrected chi connectivity index (χ0v) is 11.4. The van der Waals surface area contributed by atoms with Gasteiger partial charge in [-0.05, 0) is 45.4 Å². The highest BCUT2D eigenvalue weighted by atomic mass is 16.1. The number of hydrogen-bond donors (Lipinski definition) is 2. The van der Waals surface area contributed by atoms with Crippen LogP contribution in [0.15, 0.2) is 0 Å². The molecule has 2 atom stereocenters. The summed E-state index contributed by atoms with van der Waals surface area (Å²) in [7, 11) is 0. The topological polar surface area (TPSA) is 61.6 Å². The summed E-state index contributed by atoms with van der Waals surface area (Å²) in [5.74, 6) is -0.232. The Bertz CT molecular complexity index is 284. The second-order valence-electron chi connectivity index (χ2n) is 5.46. The number of nitrogens with two attached hydrogens (primary N) is 1. The lowest BCUT2D eigenvalue weighted by atomic mass is 10.2. The van der Waals surface area contributed by atoms with E-state index in [9.17, 15) is 4.79 Å². The van der Waals surface area contributed by atoms with Crippen LogP contribution in [0.25, 0.3) is 0 Å². The number of fused-ring (bicyclic) bond motifs is 1. The van der Waals surface area contributed by atoms with E-state index in [1.54, 1.807) is 0 Å². The molecule has 2 aliphatic heterocycles. The van der Waals surface area contributed by atoms with Gasteiger partial charge in [0.05, 0.1) is 6.04 Å². The molecule has 3 N–H and O–H groups in total. The van der Waals surface area contributed by atoms with Crippen molar-refractivity contribution in [1.29, 1.82) is 0 Å². The van der Waals surface area contributed by atoms with Crippen LogP contribution in [-0.4, -0.2) is 67.1 Å². The number of rotatable bonds is 5. The van der Waals surface area contributed by atoms with Crippen LogP contribution in [0.1, 0.15) is 26.2 Å². The molecule has 2 unspecified atom stereocenters. The number of nitrogens with one attached hydrogen (secondary N) is 1. The summed E-state index contributed by atoms with van der Waals surface area (Å²) in [4.78, 5) is 16.4. The lowest BCUT2D eigenvalue weighted by molar-refractivity contribution is -0.120. The molecule has 2 aliphatic rings. The molecule has 0 spiro atoms. The molecular weight excluding hydrogens is 228 g/mol. The van der Waals surface area contributed by atoms with E-state index in [4.69, 9.17) is 5.73 Å². The average Bonchev–Trinajstić information content (AvgIpc) is 2.67. The lowest BCUT2D eigenvalue weighted by Crippen LogP contribution is -2.50. The van der Waals surface area contributed by atoms with Gasteiger partial charge in [0.1, 0.15) is 0 Å². The van der Waals surface area contributed by atoms with Crippen LogP contribution in [-0.2, 0) is 4.79 Å². The largest absolute Gasteiger partial charge is 0.368 e. The minimum absolute atomic E-state index is 0.206. The van der Waals surface area contributed by atoms with Crippen LogP contribution >= 0.6 is 0 Å². The van der Waals surface area contributed by atoms with E-state index in [-0.39, 0.29) is 11.9 Å². The van der Waals surface area contributed by atoms with Crippen molar-refractivity contribution in [1.82, 2.24) is 15.1 Å². The first kappa shape index (κ1) is 13.8. The number of amides is 1. The quantitative estimate of drug-likeness (QED) is 0.702. The van der Waals surface area contributed by atoms with Crippen LogP contribution in [0, 0.1) is 0 Å². The first-order chi connectivity index (χ1) is 8.70. The first-order valence-electron chi connectivity index (χ1n) is 7.19. The molecule has 0 saturated carbocycles. The number of nitrogens with zero attached hydrogens (tertiary/aromatic N) is 2. The SMILES string of the molecule is CCNC(CN1CCCN2CCCC2C1)C(N)=O.